The highest BCUT2D eigenvalue weighted by Gasteiger charge is 2.16. The van der Waals surface area contributed by atoms with Crippen molar-refractivity contribution >= 4 is 22.9 Å². The van der Waals surface area contributed by atoms with Gasteiger partial charge in [0.1, 0.15) is 0 Å². The average Bonchev–Trinajstić information content (AvgIpc) is 2.85. The summed E-state index contributed by atoms with van der Waals surface area (Å²) in [6.45, 7) is 0. The molecule has 1 atom stereocenters. The van der Waals surface area contributed by atoms with Crippen LogP contribution in [0, 0.1) is 0 Å². The highest BCUT2D eigenvalue weighted by atomic mass is 35.5. The molecular formula is C9H10ClN3OS. The van der Waals surface area contributed by atoms with Crippen molar-refractivity contribution in [1.82, 2.24) is 10.4 Å². The van der Waals surface area contributed by atoms with E-state index in [-0.39, 0.29) is 6.04 Å². The summed E-state index contributed by atoms with van der Waals surface area (Å²) in [5.74, 6) is 5.48. The number of nitrogens with zero attached hydrogens (tertiary/aromatic N) is 1. The summed E-state index contributed by atoms with van der Waals surface area (Å²) in [6.07, 6.45) is 4.12. The number of rotatable bonds is 4. The van der Waals surface area contributed by atoms with E-state index in [1.807, 2.05) is 12.3 Å². The summed E-state index contributed by atoms with van der Waals surface area (Å²) in [5, 5.41) is 0.377. The molecule has 0 aromatic carbocycles. The third-order valence-corrected chi connectivity index (χ3v) is 3.22. The van der Waals surface area contributed by atoms with Crippen LogP contribution in [-0.2, 0) is 6.42 Å². The molecule has 15 heavy (non-hydrogen) atoms. The van der Waals surface area contributed by atoms with Gasteiger partial charge in [0.05, 0.1) is 17.8 Å². The van der Waals surface area contributed by atoms with E-state index in [9.17, 15) is 0 Å². The first-order chi connectivity index (χ1) is 7.31. The smallest absolute Gasteiger partial charge is 0.197 e. The Morgan fingerprint density at radius 1 is 1.67 bits per heavy atom. The Hall–Kier alpha value is -0.880. The van der Waals surface area contributed by atoms with E-state index in [0.29, 0.717) is 5.22 Å². The fraction of sp³-hybridized carbons (Fsp3) is 0.222. The summed E-state index contributed by atoms with van der Waals surface area (Å²) < 4.78 is 5.02. The van der Waals surface area contributed by atoms with Crippen molar-refractivity contribution < 1.29 is 4.42 Å². The zero-order valence-electron chi connectivity index (χ0n) is 7.81. The maximum Gasteiger partial charge on any atom is 0.197 e. The van der Waals surface area contributed by atoms with Gasteiger partial charge in [-0.1, -0.05) is 0 Å². The van der Waals surface area contributed by atoms with Crippen LogP contribution in [0.4, 0.5) is 0 Å². The molecule has 0 saturated carbocycles. The summed E-state index contributed by atoms with van der Waals surface area (Å²) >= 11 is 7.47. The van der Waals surface area contributed by atoms with E-state index < -0.39 is 0 Å². The molecule has 2 aromatic heterocycles. The zero-order valence-corrected chi connectivity index (χ0v) is 9.39. The number of hydrazine groups is 1. The molecule has 2 aromatic rings. The number of thiazole rings is 1. The minimum Gasteiger partial charge on any atom is -0.453 e. The Balaban J connectivity index is 2.15. The Labute approximate surface area is 96.0 Å². The van der Waals surface area contributed by atoms with E-state index in [2.05, 4.69) is 10.4 Å². The van der Waals surface area contributed by atoms with E-state index in [0.717, 1.165) is 16.9 Å². The summed E-state index contributed by atoms with van der Waals surface area (Å²) in [5.41, 5.74) is 5.38. The Morgan fingerprint density at radius 3 is 3.07 bits per heavy atom. The quantitative estimate of drug-likeness (QED) is 0.638. The number of aromatic nitrogens is 1. The number of hydrogen-bond donors (Lipinski definition) is 2. The van der Waals surface area contributed by atoms with Gasteiger partial charge in [0, 0.05) is 23.1 Å². The average molecular weight is 244 g/mol. The molecule has 6 heteroatoms. The first-order valence-corrected chi connectivity index (χ1v) is 5.63. The molecule has 0 aliphatic carbocycles. The predicted octanol–water partition coefficient (Wildman–Crippen LogP) is 2.14. The van der Waals surface area contributed by atoms with E-state index >= 15 is 0 Å². The molecule has 0 spiro atoms. The van der Waals surface area contributed by atoms with Crippen molar-refractivity contribution in [2.45, 2.75) is 12.5 Å². The predicted molar refractivity (Wildman–Crippen MR) is 59.6 cm³/mol. The fourth-order valence-corrected chi connectivity index (χ4v) is 2.24. The van der Waals surface area contributed by atoms with Gasteiger partial charge < -0.3 is 4.42 Å². The summed E-state index contributed by atoms with van der Waals surface area (Å²) in [6, 6.07) is 1.77. The molecule has 0 saturated heterocycles. The highest BCUT2D eigenvalue weighted by molar-refractivity contribution is 7.09. The standard InChI is InChI=1S/C9H10ClN3OS/c10-9-7(1-2-14-9)8(13-11)3-6-4-12-5-15-6/h1-2,4-5,8,13H,3,11H2. The number of hydrogen-bond acceptors (Lipinski definition) is 5. The molecular weight excluding hydrogens is 234 g/mol. The van der Waals surface area contributed by atoms with Crippen LogP contribution in [0.5, 0.6) is 0 Å². The van der Waals surface area contributed by atoms with E-state index in [1.54, 1.807) is 23.1 Å². The third kappa shape index (κ3) is 2.38. The normalized spacial score (nSPS) is 12.9. The minimum atomic E-state index is -0.0447. The first-order valence-electron chi connectivity index (χ1n) is 4.37. The minimum absolute atomic E-state index is 0.0447. The monoisotopic (exact) mass is 243 g/mol. The second-order valence-corrected chi connectivity index (χ2v) is 4.35. The number of halogens is 1. The van der Waals surface area contributed by atoms with Crippen LogP contribution in [0.25, 0.3) is 0 Å². The van der Waals surface area contributed by atoms with Crippen LogP contribution in [0.1, 0.15) is 16.5 Å². The van der Waals surface area contributed by atoms with Gasteiger partial charge in [0.2, 0.25) is 0 Å². The highest BCUT2D eigenvalue weighted by Crippen LogP contribution is 2.26. The van der Waals surface area contributed by atoms with Crippen molar-refractivity contribution in [1.29, 1.82) is 0 Å². The maximum absolute atomic E-state index is 5.88. The number of nitrogens with two attached hydrogens (primary N) is 1. The molecule has 80 valence electrons. The van der Waals surface area contributed by atoms with Crippen molar-refractivity contribution in [3.63, 3.8) is 0 Å². The Kier molecular flexibility index (Phi) is 3.37. The van der Waals surface area contributed by atoms with Gasteiger partial charge in [0.25, 0.3) is 0 Å². The van der Waals surface area contributed by atoms with Gasteiger partial charge in [-0.3, -0.25) is 16.3 Å². The Bertz CT molecular complexity index is 415. The van der Waals surface area contributed by atoms with Crippen molar-refractivity contribution in [3.8, 4) is 0 Å². The molecule has 0 amide bonds. The second-order valence-electron chi connectivity index (χ2n) is 3.04. The lowest BCUT2D eigenvalue weighted by atomic mass is 10.1. The summed E-state index contributed by atoms with van der Waals surface area (Å²) in [7, 11) is 0. The number of furan rings is 1. The van der Waals surface area contributed by atoms with Gasteiger partial charge in [-0.15, -0.1) is 11.3 Å². The van der Waals surface area contributed by atoms with Crippen LogP contribution in [0.2, 0.25) is 5.22 Å². The van der Waals surface area contributed by atoms with Crippen LogP contribution < -0.4 is 11.3 Å². The molecule has 0 aliphatic rings. The molecule has 1 unspecified atom stereocenters. The first kappa shape index (κ1) is 10.6. The molecule has 2 rings (SSSR count). The summed E-state index contributed by atoms with van der Waals surface area (Å²) in [4.78, 5) is 5.16. The molecule has 0 bridgehead atoms. The molecule has 2 heterocycles. The molecule has 0 aliphatic heterocycles. The van der Waals surface area contributed by atoms with Gasteiger partial charge in [0.15, 0.2) is 5.22 Å². The number of nitrogens with one attached hydrogen (secondary N) is 1. The van der Waals surface area contributed by atoms with Crippen LogP contribution in [-0.4, -0.2) is 4.98 Å². The maximum atomic E-state index is 5.88. The SMILES string of the molecule is NNC(Cc1cncs1)c1ccoc1Cl. The second kappa shape index (κ2) is 4.76. The molecule has 0 fully saturated rings. The van der Waals surface area contributed by atoms with Crippen LogP contribution in [0.3, 0.4) is 0 Å². The lowest BCUT2D eigenvalue weighted by molar-refractivity contribution is 0.529. The third-order valence-electron chi connectivity index (χ3n) is 2.11. The Morgan fingerprint density at radius 2 is 2.53 bits per heavy atom. The van der Waals surface area contributed by atoms with E-state index in [4.69, 9.17) is 21.9 Å². The van der Waals surface area contributed by atoms with Crippen molar-refractivity contribution in [2.24, 2.45) is 5.84 Å². The van der Waals surface area contributed by atoms with Gasteiger partial charge in [-0.2, -0.15) is 0 Å². The fourth-order valence-electron chi connectivity index (χ4n) is 1.36. The molecule has 4 nitrogen and oxygen atoms in total. The van der Waals surface area contributed by atoms with Crippen molar-refractivity contribution in [2.75, 3.05) is 0 Å². The largest absolute Gasteiger partial charge is 0.453 e. The van der Waals surface area contributed by atoms with E-state index in [1.165, 1.54) is 0 Å². The topological polar surface area (TPSA) is 64.1 Å². The van der Waals surface area contributed by atoms with Gasteiger partial charge >= 0.3 is 0 Å². The van der Waals surface area contributed by atoms with Gasteiger partial charge in [-0.05, 0) is 17.7 Å². The molecule has 3 N–H and O–H groups in total. The molecule has 0 radical (unpaired) electrons. The zero-order chi connectivity index (χ0) is 10.7. The van der Waals surface area contributed by atoms with Gasteiger partial charge in [-0.25, -0.2) is 0 Å². The lowest BCUT2D eigenvalue weighted by Crippen LogP contribution is -2.29. The van der Waals surface area contributed by atoms with Crippen LogP contribution in [0.15, 0.2) is 28.5 Å². The van der Waals surface area contributed by atoms with Crippen LogP contribution >= 0.6 is 22.9 Å². The van der Waals surface area contributed by atoms with Crippen molar-refractivity contribution in [3.05, 3.63) is 39.7 Å². The lowest BCUT2D eigenvalue weighted by Gasteiger charge is -2.12.